The lowest BCUT2D eigenvalue weighted by Gasteiger charge is -2.09. The molecule has 3 N–H and O–H groups in total. The van der Waals surface area contributed by atoms with E-state index in [9.17, 15) is 14.4 Å². The van der Waals surface area contributed by atoms with Crippen molar-refractivity contribution in [1.29, 1.82) is 0 Å². The molecule has 0 aliphatic heterocycles. The van der Waals surface area contributed by atoms with Gasteiger partial charge in [-0.3, -0.25) is 29.9 Å². The van der Waals surface area contributed by atoms with E-state index < -0.39 is 5.91 Å². The van der Waals surface area contributed by atoms with Crippen molar-refractivity contribution in [3.63, 3.8) is 0 Å². The number of pyridine rings is 1. The molecular formula is C22H24N6O3. The Morgan fingerprint density at radius 1 is 1.13 bits per heavy atom. The van der Waals surface area contributed by atoms with Crippen LogP contribution < -0.4 is 16.4 Å². The van der Waals surface area contributed by atoms with Gasteiger partial charge in [-0.15, -0.1) is 0 Å². The summed E-state index contributed by atoms with van der Waals surface area (Å²) in [6.45, 7) is 3.74. The Kier molecular flexibility index (Phi) is 5.10. The van der Waals surface area contributed by atoms with Gasteiger partial charge in [-0.1, -0.05) is 18.2 Å². The van der Waals surface area contributed by atoms with Crippen molar-refractivity contribution < 1.29 is 9.59 Å². The fraction of sp³-hybridized carbons (Fsp3) is 0.273. The summed E-state index contributed by atoms with van der Waals surface area (Å²) in [5.74, 6) is -0.776. The largest absolute Gasteiger partial charge is 0.350 e. The number of nitrogens with zero attached hydrogens (tertiary/aromatic N) is 3. The molecule has 4 rings (SSSR count). The molecule has 0 saturated carbocycles. The van der Waals surface area contributed by atoms with Gasteiger partial charge in [0.25, 0.3) is 11.5 Å². The Morgan fingerprint density at radius 2 is 1.87 bits per heavy atom. The average Bonchev–Trinajstić information content (AvgIpc) is 3.22. The van der Waals surface area contributed by atoms with Crippen LogP contribution in [-0.4, -0.2) is 31.1 Å². The van der Waals surface area contributed by atoms with E-state index in [1.807, 2.05) is 49.7 Å². The minimum atomic E-state index is -0.397. The third-order valence-electron chi connectivity index (χ3n) is 5.61. The van der Waals surface area contributed by atoms with Crippen molar-refractivity contribution in [2.75, 3.05) is 0 Å². The minimum Gasteiger partial charge on any atom is -0.350 e. The first kappa shape index (κ1) is 20.4. The van der Waals surface area contributed by atoms with Gasteiger partial charge in [0.05, 0.1) is 11.3 Å². The molecule has 31 heavy (non-hydrogen) atoms. The molecule has 0 unspecified atom stereocenters. The molecule has 9 heteroatoms. The first-order valence-electron chi connectivity index (χ1n) is 9.96. The summed E-state index contributed by atoms with van der Waals surface area (Å²) in [5.41, 5.74) is 8.91. The van der Waals surface area contributed by atoms with Crippen LogP contribution in [0.4, 0.5) is 0 Å². The van der Waals surface area contributed by atoms with Crippen molar-refractivity contribution in [3.05, 3.63) is 63.2 Å². The van der Waals surface area contributed by atoms with Crippen LogP contribution >= 0.6 is 0 Å². The predicted molar refractivity (Wildman–Crippen MR) is 118 cm³/mol. The fourth-order valence-corrected chi connectivity index (χ4v) is 4.07. The molecule has 3 aromatic heterocycles. The molecule has 4 aromatic rings. The second-order valence-corrected chi connectivity index (χ2v) is 7.66. The number of hydrazine groups is 1. The van der Waals surface area contributed by atoms with E-state index in [0.717, 1.165) is 27.5 Å². The number of hydrogen-bond acceptors (Lipinski definition) is 4. The average molecular weight is 420 g/mol. The number of aryl methyl sites for hydroxylation is 4. The van der Waals surface area contributed by atoms with Crippen LogP contribution in [-0.2, 0) is 25.3 Å². The Hall–Kier alpha value is -3.88. The minimum absolute atomic E-state index is 0.0601. The highest BCUT2D eigenvalue weighted by molar-refractivity contribution is 6.07. The first-order valence-corrected chi connectivity index (χ1v) is 9.96. The van der Waals surface area contributed by atoms with Crippen molar-refractivity contribution in [3.8, 4) is 0 Å². The number of fused-ring (bicyclic) bond motifs is 2. The normalized spacial score (nSPS) is 11.2. The van der Waals surface area contributed by atoms with Gasteiger partial charge in [0.15, 0.2) is 0 Å². The molecule has 0 atom stereocenters. The van der Waals surface area contributed by atoms with Crippen LogP contribution in [0.15, 0.2) is 35.3 Å². The van der Waals surface area contributed by atoms with Crippen LogP contribution in [0.1, 0.15) is 33.6 Å². The number of aromatic nitrogens is 4. The number of hydrogen-bond donors (Lipinski definition) is 3. The predicted octanol–water partition coefficient (Wildman–Crippen LogP) is 1.76. The summed E-state index contributed by atoms with van der Waals surface area (Å²) in [6, 6.07) is 7.54. The number of benzene rings is 1. The number of amides is 2. The van der Waals surface area contributed by atoms with E-state index in [1.165, 1.54) is 0 Å². The topological polar surface area (TPSA) is 114 Å². The summed E-state index contributed by atoms with van der Waals surface area (Å²) < 4.78 is 3.50. The van der Waals surface area contributed by atoms with Crippen LogP contribution in [0.5, 0.6) is 0 Å². The van der Waals surface area contributed by atoms with Gasteiger partial charge in [0.1, 0.15) is 5.65 Å². The molecular weight excluding hydrogens is 396 g/mol. The summed E-state index contributed by atoms with van der Waals surface area (Å²) in [5, 5.41) is 6.04. The Morgan fingerprint density at radius 3 is 2.65 bits per heavy atom. The van der Waals surface area contributed by atoms with E-state index in [1.54, 1.807) is 17.9 Å². The fourth-order valence-electron chi connectivity index (χ4n) is 4.07. The quantitative estimate of drug-likeness (QED) is 0.437. The lowest BCUT2D eigenvalue weighted by molar-refractivity contribution is -0.121. The summed E-state index contributed by atoms with van der Waals surface area (Å²) >= 11 is 0. The molecule has 0 bridgehead atoms. The molecule has 0 radical (unpaired) electrons. The molecule has 2 amide bonds. The molecule has 160 valence electrons. The van der Waals surface area contributed by atoms with Gasteiger partial charge in [0.2, 0.25) is 5.91 Å². The maximum Gasteiger partial charge on any atom is 0.271 e. The zero-order chi connectivity index (χ0) is 22.3. The van der Waals surface area contributed by atoms with Crippen LogP contribution in [0.25, 0.3) is 21.9 Å². The number of aromatic amines is 1. The first-order chi connectivity index (χ1) is 14.8. The maximum absolute atomic E-state index is 12.5. The number of nitrogens with one attached hydrogen (secondary N) is 3. The number of para-hydroxylation sites is 1. The number of H-pyrrole nitrogens is 1. The smallest absolute Gasteiger partial charge is 0.271 e. The molecule has 3 heterocycles. The monoisotopic (exact) mass is 420 g/mol. The second-order valence-electron chi connectivity index (χ2n) is 7.66. The third kappa shape index (κ3) is 3.58. The second kappa shape index (κ2) is 7.75. The maximum atomic E-state index is 12.5. The molecule has 0 aliphatic carbocycles. The summed E-state index contributed by atoms with van der Waals surface area (Å²) in [7, 11) is 3.63. The number of carbonyl (C=O) groups excluding carboxylic acids is 2. The van der Waals surface area contributed by atoms with Crippen molar-refractivity contribution in [2.45, 2.75) is 26.7 Å². The standard InChI is InChI=1S/C22H24N6O3/c1-12-14(21(30)23-20-19(12)13(2)26-28(20)4)9-10-18(29)24-25-22(31)16-11-27(3)17-8-6-5-7-15(16)17/h5-8,11H,9-10H2,1-4H3,(H,23,30)(H,24,29)(H,25,31). The van der Waals surface area contributed by atoms with Crippen molar-refractivity contribution in [2.24, 2.45) is 14.1 Å². The Bertz CT molecular complexity index is 1390. The van der Waals surface area contributed by atoms with E-state index in [2.05, 4.69) is 20.9 Å². The zero-order valence-electron chi connectivity index (χ0n) is 17.9. The van der Waals surface area contributed by atoms with Crippen LogP contribution in [0.3, 0.4) is 0 Å². The lowest BCUT2D eigenvalue weighted by atomic mass is 10.0. The highest BCUT2D eigenvalue weighted by atomic mass is 16.2. The zero-order valence-corrected chi connectivity index (χ0v) is 17.9. The molecule has 1 aromatic carbocycles. The molecule has 9 nitrogen and oxygen atoms in total. The van der Waals surface area contributed by atoms with Crippen LogP contribution in [0, 0.1) is 13.8 Å². The highest BCUT2D eigenvalue weighted by Crippen LogP contribution is 2.21. The van der Waals surface area contributed by atoms with E-state index in [4.69, 9.17) is 0 Å². The Balaban J connectivity index is 1.43. The van der Waals surface area contributed by atoms with Crippen molar-refractivity contribution in [1.82, 2.24) is 30.2 Å². The van der Waals surface area contributed by atoms with E-state index >= 15 is 0 Å². The lowest BCUT2D eigenvalue weighted by Crippen LogP contribution is -2.41. The Labute approximate surface area is 178 Å². The number of carbonyl (C=O) groups is 2. The number of rotatable bonds is 4. The highest BCUT2D eigenvalue weighted by Gasteiger charge is 2.17. The molecule has 0 aliphatic rings. The van der Waals surface area contributed by atoms with Crippen molar-refractivity contribution >= 4 is 33.8 Å². The van der Waals surface area contributed by atoms with Gasteiger partial charge >= 0.3 is 0 Å². The SMILES string of the molecule is Cc1nn(C)c2[nH]c(=O)c(CCC(=O)NNC(=O)c3cn(C)c4ccccc34)c(C)c12. The van der Waals surface area contributed by atoms with Gasteiger partial charge in [0, 0.05) is 48.6 Å². The van der Waals surface area contributed by atoms with Gasteiger partial charge in [-0.05, 0) is 31.9 Å². The van der Waals surface area contributed by atoms with Gasteiger partial charge in [-0.2, -0.15) is 5.10 Å². The van der Waals surface area contributed by atoms with Gasteiger partial charge in [-0.25, -0.2) is 0 Å². The summed E-state index contributed by atoms with van der Waals surface area (Å²) in [6.07, 6.45) is 2.03. The molecule has 0 fully saturated rings. The molecule has 0 saturated heterocycles. The van der Waals surface area contributed by atoms with E-state index in [-0.39, 0.29) is 24.3 Å². The van der Waals surface area contributed by atoms with E-state index in [0.29, 0.717) is 16.8 Å². The molecule has 0 spiro atoms. The van der Waals surface area contributed by atoms with Crippen LogP contribution in [0.2, 0.25) is 0 Å². The summed E-state index contributed by atoms with van der Waals surface area (Å²) in [4.78, 5) is 40.2. The third-order valence-corrected chi connectivity index (χ3v) is 5.61. The van der Waals surface area contributed by atoms with Gasteiger partial charge < -0.3 is 9.55 Å².